The molecule has 0 bridgehead atoms. The van der Waals surface area contributed by atoms with Crippen LogP contribution in [0, 0.1) is 0 Å². The van der Waals surface area contributed by atoms with Gasteiger partial charge in [-0.25, -0.2) is 4.79 Å². The number of benzene rings is 1. The fourth-order valence-electron chi connectivity index (χ4n) is 1.56. The third-order valence-corrected chi connectivity index (χ3v) is 2.24. The van der Waals surface area contributed by atoms with Gasteiger partial charge in [-0.05, 0) is 23.0 Å². The standard InChI is InChI=1S/C12H18.CH2O3/c1-9(2)11-7-5-6-8-12(11)10(3)4;2-1(3)4/h5-10H,1-4H3;(H2,2,3,4). The van der Waals surface area contributed by atoms with Gasteiger partial charge in [0.25, 0.3) is 0 Å². The van der Waals surface area contributed by atoms with Crippen LogP contribution >= 0.6 is 0 Å². The van der Waals surface area contributed by atoms with Crippen LogP contribution in [0.2, 0.25) is 0 Å². The van der Waals surface area contributed by atoms with Gasteiger partial charge in [-0.2, -0.15) is 0 Å². The molecule has 90 valence electrons. The van der Waals surface area contributed by atoms with E-state index in [0.717, 1.165) is 0 Å². The Morgan fingerprint density at radius 1 is 0.938 bits per heavy atom. The molecule has 0 fully saturated rings. The third-order valence-electron chi connectivity index (χ3n) is 2.24. The molecule has 0 heterocycles. The molecule has 3 heteroatoms. The molecule has 3 nitrogen and oxygen atoms in total. The van der Waals surface area contributed by atoms with Gasteiger partial charge in [-0.3, -0.25) is 0 Å². The van der Waals surface area contributed by atoms with Gasteiger partial charge in [0.15, 0.2) is 0 Å². The molecule has 0 aliphatic carbocycles. The lowest BCUT2D eigenvalue weighted by atomic mass is 9.91. The first kappa shape index (κ1) is 14.5. The minimum absolute atomic E-state index is 0.642. The summed E-state index contributed by atoms with van der Waals surface area (Å²) in [5.74, 6) is 1.28. The Balaban J connectivity index is 0.000000487. The highest BCUT2D eigenvalue weighted by Crippen LogP contribution is 2.25. The topological polar surface area (TPSA) is 57.5 Å². The molecular weight excluding hydrogens is 204 g/mol. The Morgan fingerprint density at radius 2 is 1.19 bits per heavy atom. The highest BCUT2D eigenvalue weighted by atomic mass is 16.6. The van der Waals surface area contributed by atoms with E-state index in [-0.39, 0.29) is 0 Å². The molecule has 0 atom stereocenters. The first-order valence-corrected chi connectivity index (χ1v) is 5.37. The zero-order valence-electron chi connectivity index (χ0n) is 10.3. The van der Waals surface area contributed by atoms with E-state index in [2.05, 4.69) is 52.0 Å². The Morgan fingerprint density at radius 3 is 1.38 bits per heavy atom. The Kier molecular flexibility index (Phi) is 6.23. The molecule has 16 heavy (non-hydrogen) atoms. The molecule has 1 aromatic carbocycles. The molecule has 0 saturated carbocycles. The number of carboxylic acid groups (broad SMARTS) is 2. The largest absolute Gasteiger partial charge is 0.503 e. The van der Waals surface area contributed by atoms with Gasteiger partial charge in [0.2, 0.25) is 0 Å². The van der Waals surface area contributed by atoms with Crippen molar-refractivity contribution < 1.29 is 15.0 Å². The van der Waals surface area contributed by atoms with Gasteiger partial charge < -0.3 is 10.2 Å². The van der Waals surface area contributed by atoms with Crippen LogP contribution in [0.4, 0.5) is 4.79 Å². The van der Waals surface area contributed by atoms with Crippen molar-refractivity contribution in [2.45, 2.75) is 39.5 Å². The van der Waals surface area contributed by atoms with Crippen molar-refractivity contribution in [3.8, 4) is 0 Å². The fraction of sp³-hybridized carbons (Fsp3) is 0.462. The molecular formula is C13H20O3. The van der Waals surface area contributed by atoms with Crippen molar-refractivity contribution in [2.24, 2.45) is 0 Å². The Bertz CT molecular complexity index is 299. The van der Waals surface area contributed by atoms with Crippen LogP contribution < -0.4 is 0 Å². The van der Waals surface area contributed by atoms with Crippen LogP contribution in [0.1, 0.15) is 50.7 Å². The van der Waals surface area contributed by atoms with Crippen molar-refractivity contribution in [1.29, 1.82) is 0 Å². The van der Waals surface area contributed by atoms with Crippen LogP contribution in [0.15, 0.2) is 24.3 Å². The van der Waals surface area contributed by atoms with E-state index >= 15 is 0 Å². The average Bonchev–Trinajstić information content (AvgIpc) is 2.16. The SMILES string of the molecule is CC(C)c1ccccc1C(C)C.O=C(O)O. The second-order valence-corrected chi connectivity index (χ2v) is 4.22. The van der Waals surface area contributed by atoms with Crippen molar-refractivity contribution in [3.05, 3.63) is 35.4 Å². The smallest absolute Gasteiger partial charge is 0.450 e. The summed E-state index contributed by atoms with van der Waals surface area (Å²) in [5.41, 5.74) is 2.99. The number of rotatable bonds is 2. The van der Waals surface area contributed by atoms with Crippen LogP contribution in [0.3, 0.4) is 0 Å². The zero-order chi connectivity index (χ0) is 12.7. The lowest BCUT2D eigenvalue weighted by Gasteiger charge is -2.14. The summed E-state index contributed by atoms with van der Waals surface area (Å²) in [7, 11) is 0. The summed E-state index contributed by atoms with van der Waals surface area (Å²) >= 11 is 0. The molecule has 0 spiro atoms. The minimum atomic E-state index is -1.83. The van der Waals surface area contributed by atoms with E-state index in [4.69, 9.17) is 15.0 Å². The molecule has 1 aromatic rings. The molecule has 0 aliphatic rings. The maximum Gasteiger partial charge on any atom is 0.503 e. The number of carbonyl (C=O) groups is 1. The van der Waals surface area contributed by atoms with Crippen molar-refractivity contribution >= 4 is 6.16 Å². The van der Waals surface area contributed by atoms with Gasteiger partial charge in [0, 0.05) is 0 Å². The molecule has 0 unspecified atom stereocenters. The van der Waals surface area contributed by atoms with Gasteiger partial charge in [-0.1, -0.05) is 52.0 Å². The summed E-state index contributed by atoms with van der Waals surface area (Å²) in [6.45, 7) is 9.00. The molecule has 0 aromatic heterocycles. The van der Waals surface area contributed by atoms with Crippen LogP contribution in [-0.2, 0) is 0 Å². The van der Waals surface area contributed by atoms with E-state index < -0.39 is 6.16 Å². The summed E-state index contributed by atoms with van der Waals surface area (Å²) in [5, 5.41) is 13.9. The van der Waals surface area contributed by atoms with Crippen LogP contribution in [0.25, 0.3) is 0 Å². The maximum atomic E-state index is 8.56. The van der Waals surface area contributed by atoms with E-state index in [0.29, 0.717) is 11.8 Å². The van der Waals surface area contributed by atoms with E-state index in [1.165, 1.54) is 11.1 Å². The predicted molar refractivity (Wildman–Crippen MR) is 65.3 cm³/mol. The van der Waals surface area contributed by atoms with Crippen molar-refractivity contribution in [2.75, 3.05) is 0 Å². The first-order valence-electron chi connectivity index (χ1n) is 5.37. The Labute approximate surface area is 96.7 Å². The highest BCUT2D eigenvalue weighted by molar-refractivity contribution is 5.53. The second kappa shape index (κ2) is 6.88. The molecule has 0 radical (unpaired) electrons. The molecule has 0 saturated heterocycles. The van der Waals surface area contributed by atoms with E-state index in [1.54, 1.807) is 0 Å². The normalized spacial score (nSPS) is 9.88. The van der Waals surface area contributed by atoms with Gasteiger partial charge in [-0.15, -0.1) is 0 Å². The second-order valence-electron chi connectivity index (χ2n) is 4.22. The maximum absolute atomic E-state index is 8.56. The van der Waals surface area contributed by atoms with Crippen LogP contribution in [0.5, 0.6) is 0 Å². The summed E-state index contributed by atoms with van der Waals surface area (Å²) in [6.07, 6.45) is -1.83. The first-order chi connectivity index (χ1) is 7.36. The Hall–Kier alpha value is -1.51. The summed E-state index contributed by atoms with van der Waals surface area (Å²) in [4.78, 5) is 8.56. The highest BCUT2D eigenvalue weighted by Gasteiger charge is 2.07. The monoisotopic (exact) mass is 224 g/mol. The van der Waals surface area contributed by atoms with Gasteiger partial charge >= 0.3 is 6.16 Å². The molecule has 2 N–H and O–H groups in total. The van der Waals surface area contributed by atoms with Crippen LogP contribution in [-0.4, -0.2) is 16.4 Å². The molecule has 1 rings (SSSR count). The predicted octanol–water partition coefficient (Wildman–Crippen LogP) is 4.16. The van der Waals surface area contributed by atoms with Gasteiger partial charge in [0.1, 0.15) is 0 Å². The average molecular weight is 224 g/mol. The van der Waals surface area contributed by atoms with Crippen molar-refractivity contribution in [1.82, 2.24) is 0 Å². The fourth-order valence-corrected chi connectivity index (χ4v) is 1.56. The number of hydrogen-bond donors (Lipinski definition) is 2. The van der Waals surface area contributed by atoms with Crippen molar-refractivity contribution in [3.63, 3.8) is 0 Å². The number of hydrogen-bond acceptors (Lipinski definition) is 1. The zero-order valence-corrected chi connectivity index (χ0v) is 10.3. The quantitative estimate of drug-likeness (QED) is 0.793. The molecule has 0 amide bonds. The lowest BCUT2D eigenvalue weighted by molar-refractivity contribution is 0.137. The summed E-state index contributed by atoms with van der Waals surface area (Å²) in [6, 6.07) is 8.72. The third kappa shape index (κ3) is 5.39. The molecule has 0 aliphatic heterocycles. The van der Waals surface area contributed by atoms with E-state index in [9.17, 15) is 0 Å². The van der Waals surface area contributed by atoms with E-state index in [1.807, 2.05) is 0 Å². The summed E-state index contributed by atoms with van der Waals surface area (Å²) < 4.78 is 0. The minimum Gasteiger partial charge on any atom is -0.450 e. The van der Waals surface area contributed by atoms with Gasteiger partial charge in [0.05, 0.1) is 0 Å². The lowest BCUT2D eigenvalue weighted by Crippen LogP contribution is -1.97.